The van der Waals surface area contributed by atoms with Crippen molar-refractivity contribution < 1.29 is 9.90 Å². The van der Waals surface area contributed by atoms with Gasteiger partial charge in [0.15, 0.2) is 0 Å². The van der Waals surface area contributed by atoms with E-state index in [1.807, 2.05) is 6.92 Å². The molecule has 3 atom stereocenters. The van der Waals surface area contributed by atoms with Crippen LogP contribution in [0.3, 0.4) is 0 Å². The monoisotopic (exact) mass is 196 g/mol. The van der Waals surface area contributed by atoms with Gasteiger partial charge in [-0.3, -0.25) is 4.79 Å². The normalized spacial score (nSPS) is 31.7. The highest BCUT2D eigenvalue weighted by atomic mass is 16.4. The van der Waals surface area contributed by atoms with Crippen LogP contribution >= 0.6 is 0 Å². The minimum atomic E-state index is -0.610. The van der Waals surface area contributed by atoms with E-state index in [1.165, 1.54) is 0 Å². The van der Waals surface area contributed by atoms with E-state index in [-0.39, 0.29) is 5.92 Å². The molecular formula is C12H20O2. The van der Waals surface area contributed by atoms with E-state index >= 15 is 0 Å². The number of rotatable bonds is 4. The highest BCUT2D eigenvalue weighted by Crippen LogP contribution is 2.40. The summed E-state index contributed by atoms with van der Waals surface area (Å²) in [6.45, 7) is 8.05. The molecule has 1 N–H and O–H groups in total. The number of hydrogen-bond donors (Lipinski definition) is 1. The summed E-state index contributed by atoms with van der Waals surface area (Å²) in [6.07, 6.45) is 3.89. The Kier molecular flexibility index (Phi) is 3.73. The predicted molar refractivity (Wildman–Crippen MR) is 57.1 cm³/mol. The van der Waals surface area contributed by atoms with Crippen LogP contribution in [0.4, 0.5) is 0 Å². The molecule has 14 heavy (non-hydrogen) atoms. The van der Waals surface area contributed by atoms with E-state index in [9.17, 15) is 4.79 Å². The van der Waals surface area contributed by atoms with E-state index < -0.39 is 5.97 Å². The van der Waals surface area contributed by atoms with Crippen molar-refractivity contribution in [3.63, 3.8) is 0 Å². The van der Waals surface area contributed by atoms with Crippen LogP contribution < -0.4 is 0 Å². The largest absolute Gasteiger partial charge is 0.481 e. The van der Waals surface area contributed by atoms with Crippen LogP contribution in [0.15, 0.2) is 12.2 Å². The second-order valence-electron chi connectivity index (χ2n) is 4.66. The maximum absolute atomic E-state index is 11.0. The zero-order valence-corrected chi connectivity index (χ0v) is 9.12. The molecule has 0 aliphatic heterocycles. The molecule has 0 unspecified atom stereocenters. The van der Waals surface area contributed by atoms with E-state index in [2.05, 4.69) is 13.5 Å². The zero-order chi connectivity index (χ0) is 10.7. The molecule has 1 aliphatic carbocycles. The van der Waals surface area contributed by atoms with E-state index in [0.29, 0.717) is 11.8 Å². The molecule has 0 aromatic rings. The number of carbonyl (C=O) groups is 1. The topological polar surface area (TPSA) is 37.3 Å². The third-order valence-electron chi connectivity index (χ3n) is 3.40. The molecule has 2 nitrogen and oxygen atoms in total. The lowest BCUT2D eigenvalue weighted by Gasteiger charge is -2.19. The summed E-state index contributed by atoms with van der Waals surface area (Å²) >= 11 is 0. The van der Waals surface area contributed by atoms with Crippen LogP contribution in [-0.4, -0.2) is 11.1 Å². The lowest BCUT2D eigenvalue weighted by molar-refractivity contribution is -0.143. The zero-order valence-electron chi connectivity index (χ0n) is 9.12. The Hall–Kier alpha value is -0.790. The second kappa shape index (κ2) is 4.63. The Balaban J connectivity index is 2.53. The van der Waals surface area contributed by atoms with E-state index in [4.69, 9.17) is 5.11 Å². The van der Waals surface area contributed by atoms with E-state index in [1.54, 1.807) is 0 Å². The molecule has 80 valence electrons. The first-order valence-corrected chi connectivity index (χ1v) is 5.39. The second-order valence-corrected chi connectivity index (χ2v) is 4.66. The number of carboxylic acid groups (broad SMARTS) is 1. The minimum Gasteiger partial charge on any atom is -0.481 e. The van der Waals surface area contributed by atoms with Crippen molar-refractivity contribution in [1.82, 2.24) is 0 Å². The molecule has 0 aromatic carbocycles. The van der Waals surface area contributed by atoms with Gasteiger partial charge in [-0.15, -0.1) is 6.58 Å². The Morgan fingerprint density at radius 2 is 2.14 bits per heavy atom. The van der Waals surface area contributed by atoms with Gasteiger partial charge >= 0.3 is 5.97 Å². The number of hydrogen-bond acceptors (Lipinski definition) is 1. The Morgan fingerprint density at radius 1 is 1.50 bits per heavy atom. The first kappa shape index (κ1) is 11.3. The lowest BCUT2D eigenvalue weighted by atomic mass is 9.85. The Morgan fingerprint density at radius 3 is 2.64 bits per heavy atom. The van der Waals surface area contributed by atoms with Crippen molar-refractivity contribution in [3.05, 3.63) is 12.2 Å². The molecule has 0 heterocycles. The van der Waals surface area contributed by atoms with Crippen molar-refractivity contribution in [1.29, 1.82) is 0 Å². The predicted octanol–water partition coefficient (Wildman–Crippen LogP) is 3.09. The van der Waals surface area contributed by atoms with Gasteiger partial charge in [0.25, 0.3) is 0 Å². The van der Waals surface area contributed by atoms with Crippen molar-refractivity contribution in [2.24, 2.45) is 17.8 Å². The molecule has 0 spiro atoms. The average molecular weight is 196 g/mol. The van der Waals surface area contributed by atoms with Crippen molar-refractivity contribution in [2.75, 3.05) is 0 Å². The fraction of sp³-hybridized carbons (Fsp3) is 0.750. The smallest absolute Gasteiger partial charge is 0.306 e. The molecular weight excluding hydrogens is 176 g/mol. The van der Waals surface area contributed by atoms with Crippen LogP contribution in [0.1, 0.15) is 39.5 Å². The van der Waals surface area contributed by atoms with Crippen LogP contribution in [0.25, 0.3) is 0 Å². The Bertz CT molecular complexity index is 232. The van der Waals surface area contributed by atoms with Crippen LogP contribution in [0.5, 0.6) is 0 Å². The molecule has 1 fully saturated rings. The SMILES string of the molecule is C=C(C)CC[C@H]1[C@H](C)CC[C@@H]1C(=O)O. The van der Waals surface area contributed by atoms with Gasteiger partial charge in [0.05, 0.1) is 5.92 Å². The fourth-order valence-corrected chi connectivity index (χ4v) is 2.47. The molecule has 0 aromatic heterocycles. The van der Waals surface area contributed by atoms with Crippen molar-refractivity contribution >= 4 is 5.97 Å². The van der Waals surface area contributed by atoms with Crippen LogP contribution in [0.2, 0.25) is 0 Å². The van der Waals surface area contributed by atoms with Crippen molar-refractivity contribution in [2.45, 2.75) is 39.5 Å². The number of aliphatic carboxylic acids is 1. The van der Waals surface area contributed by atoms with Gasteiger partial charge in [0.2, 0.25) is 0 Å². The lowest BCUT2D eigenvalue weighted by Crippen LogP contribution is -2.21. The molecule has 0 radical (unpaired) electrons. The Labute approximate surface area is 86.0 Å². The minimum absolute atomic E-state index is 0.107. The molecule has 1 saturated carbocycles. The highest BCUT2D eigenvalue weighted by Gasteiger charge is 2.37. The summed E-state index contributed by atoms with van der Waals surface area (Å²) in [5, 5.41) is 9.04. The van der Waals surface area contributed by atoms with Gasteiger partial charge in [-0.25, -0.2) is 0 Å². The summed E-state index contributed by atoms with van der Waals surface area (Å²) in [6, 6.07) is 0. The van der Waals surface area contributed by atoms with Gasteiger partial charge in [-0.05, 0) is 44.4 Å². The van der Waals surface area contributed by atoms with Gasteiger partial charge in [0, 0.05) is 0 Å². The third-order valence-corrected chi connectivity index (χ3v) is 3.40. The molecule has 1 rings (SSSR count). The molecule has 0 saturated heterocycles. The summed E-state index contributed by atoms with van der Waals surface area (Å²) in [7, 11) is 0. The molecule has 0 amide bonds. The first-order valence-electron chi connectivity index (χ1n) is 5.39. The van der Waals surface area contributed by atoms with Gasteiger partial charge in [-0.2, -0.15) is 0 Å². The maximum atomic E-state index is 11.0. The fourth-order valence-electron chi connectivity index (χ4n) is 2.47. The average Bonchev–Trinajstić information content (AvgIpc) is 2.43. The molecule has 1 aliphatic rings. The van der Waals surface area contributed by atoms with Gasteiger partial charge < -0.3 is 5.11 Å². The summed E-state index contributed by atoms with van der Waals surface area (Å²) < 4.78 is 0. The van der Waals surface area contributed by atoms with Crippen LogP contribution in [0, 0.1) is 17.8 Å². The summed E-state index contributed by atoms with van der Waals surface area (Å²) in [5.74, 6) is 0.213. The van der Waals surface area contributed by atoms with Crippen molar-refractivity contribution in [3.8, 4) is 0 Å². The number of carboxylic acids is 1. The quantitative estimate of drug-likeness (QED) is 0.701. The highest BCUT2D eigenvalue weighted by molar-refractivity contribution is 5.70. The molecule has 2 heteroatoms. The van der Waals surface area contributed by atoms with Gasteiger partial charge in [0.1, 0.15) is 0 Å². The molecule has 0 bridgehead atoms. The van der Waals surface area contributed by atoms with E-state index in [0.717, 1.165) is 31.3 Å². The number of allylic oxidation sites excluding steroid dienone is 1. The third kappa shape index (κ3) is 2.60. The van der Waals surface area contributed by atoms with Gasteiger partial charge in [-0.1, -0.05) is 12.5 Å². The van der Waals surface area contributed by atoms with Crippen LogP contribution in [-0.2, 0) is 4.79 Å². The standard InChI is InChI=1S/C12H20O2/c1-8(2)4-6-10-9(3)5-7-11(10)12(13)14/h9-11H,1,4-7H2,2-3H3,(H,13,14)/t9-,10+,11+/m1/s1. The summed E-state index contributed by atoms with van der Waals surface area (Å²) in [5.41, 5.74) is 1.16. The summed E-state index contributed by atoms with van der Waals surface area (Å²) in [4.78, 5) is 11.0. The first-order chi connectivity index (χ1) is 6.52. The maximum Gasteiger partial charge on any atom is 0.306 e.